The molecule has 1 N–H and O–H groups in total. The first-order chi connectivity index (χ1) is 11.6. The average molecular weight is 447 g/mol. The van der Waals surface area contributed by atoms with Crippen LogP contribution >= 0.6 is 22.6 Å². The highest BCUT2D eigenvalue weighted by atomic mass is 127. The Morgan fingerprint density at radius 2 is 2.21 bits per heavy atom. The van der Waals surface area contributed by atoms with Crippen LogP contribution in [0.2, 0.25) is 0 Å². The SMILES string of the molecule is CCOc1cc(/C=N\NC(=O)CN2CCOCC2)cc(I)c1OC. The second-order valence-corrected chi connectivity index (χ2v) is 6.31. The van der Waals surface area contributed by atoms with Gasteiger partial charge < -0.3 is 14.2 Å². The van der Waals surface area contributed by atoms with E-state index in [1.807, 2.05) is 24.0 Å². The van der Waals surface area contributed by atoms with Gasteiger partial charge in [0, 0.05) is 13.1 Å². The topological polar surface area (TPSA) is 72.4 Å². The van der Waals surface area contributed by atoms with Crippen LogP contribution in [0.1, 0.15) is 12.5 Å². The van der Waals surface area contributed by atoms with Crippen LogP contribution in [0.5, 0.6) is 11.5 Å². The molecule has 1 aliphatic rings. The number of methoxy groups -OCH3 is 1. The van der Waals surface area contributed by atoms with Gasteiger partial charge in [-0.1, -0.05) is 0 Å². The number of hydrogen-bond donors (Lipinski definition) is 1. The van der Waals surface area contributed by atoms with E-state index in [9.17, 15) is 4.79 Å². The van der Waals surface area contributed by atoms with Crippen molar-refractivity contribution in [3.63, 3.8) is 0 Å². The van der Waals surface area contributed by atoms with E-state index < -0.39 is 0 Å². The average Bonchev–Trinajstić information content (AvgIpc) is 2.56. The predicted molar refractivity (Wildman–Crippen MR) is 99.9 cm³/mol. The van der Waals surface area contributed by atoms with Crippen molar-refractivity contribution >= 4 is 34.7 Å². The maximum atomic E-state index is 11.9. The lowest BCUT2D eigenvalue weighted by Crippen LogP contribution is -2.42. The standard InChI is InChI=1S/C16H22IN3O4/c1-3-24-14-9-12(8-13(17)16(14)22-2)10-18-19-15(21)11-20-4-6-23-7-5-20/h8-10H,3-7,11H2,1-2H3,(H,19,21)/b18-10-. The molecule has 1 fully saturated rings. The zero-order chi connectivity index (χ0) is 17.4. The van der Waals surface area contributed by atoms with Crippen molar-refractivity contribution in [1.82, 2.24) is 10.3 Å². The third kappa shape index (κ3) is 5.60. The number of rotatable bonds is 7. The summed E-state index contributed by atoms with van der Waals surface area (Å²) in [7, 11) is 1.61. The molecule has 0 saturated carbocycles. The number of benzene rings is 1. The summed E-state index contributed by atoms with van der Waals surface area (Å²) in [6, 6.07) is 3.75. The van der Waals surface area contributed by atoms with Crippen LogP contribution in [-0.4, -0.2) is 63.6 Å². The van der Waals surface area contributed by atoms with Gasteiger partial charge >= 0.3 is 0 Å². The Morgan fingerprint density at radius 1 is 1.46 bits per heavy atom. The number of morpholine rings is 1. The molecule has 1 aromatic carbocycles. The highest BCUT2D eigenvalue weighted by molar-refractivity contribution is 14.1. The van der Waals surface area contributed by atoms with E-state index in [0.29, 0.717) is 37.9 Å². The van der Waals surface area contributed by atoms with E-state index in [1.165, 1.54) is 0 Å². The molecule has 0 bridgehead atoms. The van der Waals surface area contributed by atoms with Crippen molar-refractivity contribution in [2.45, 2.75) is 6.92 Å². The van der Waals surface area contributed by atoms with Crippen molar-refractivity contribution in [1.29, 1.82) is 0 Å². The Morgan fingerprint density at radius 3 is 2.88 bits per heavy atom. The summed E-state index contributed by atoms with van der Waals surface area (Å²) < 4.78 is 17.1. The Bertz CT molecular complexity index is 589. The summed E-state index contributed by atoms with van der Waals surface area (Å²) in [5, 5.41) is 4.02. The largest absolute Gasteiger partial charge is 0.492 e. The molecule has 1 heterocycles. The number of hydrogen-bond acceptors (Lipinski definition) is 6. The number of nitrogens with one attached hydrogen (secondary N) is 1. The molecule has 7 nitrogen and oxygen atoms in total. The summed E-state index contributed by atoms with van der Waals surface area (Å²) >= 11 is 2.18. The van der Waals surface area contributed by atoms with E-state index in [0.717, 1.165) is 22.2 Å². The Balaban J connectivity index is 1.94. The lowest BCUT2D eigenvalue weighted by Gasteiger charge is -2.25. The van der Waals surface area contributed by atoms with Gasteiger partial charge in [0.05, 0.1) is 43.3 Å². The van der Waals surface area contributed by atoms with Gasteiger partial charge in [0.15, 0.2) is 11.5 Å². The van der Waals surface area contributed by atoms with Gasteiger partial charge in [0.1, 0.15) is 0 Å². The Kier molecular flexibility index (Phi) is 7.73. The molecule has 1 aliphatic heterocycles. The summed E-state index contributed by atoms with van der Waals surface area (Å²) in [5.74, 6) is 1.22. The molecular formula is C16H22IN3O4. The van der Waals surface area contributed by atoms with Crippen LogP contribution in [0.3, 0.4) is 0 Å². The van der Waals surface area contributed by atoms with Crippen molar-refractivity contribution in [3.05, 3.63) is 21.3 Å². The second-order valence-electron chi connectivity index (χ2n) is 5.15. The monoisotopic (exact) mass is 447 g/mol. The van der Waals surface area contributed by atoms with E-state index in [2.05, 4.69) is 33.1 Å². The first-order valence-corrected chi connectivity index (χ1v) is 8.84. The zero-order valence-electron chi connectivity index (χ0n) is 13.9. The summed E-state index contributed by atoms with van der Waals surface area (Å²) in [6.45, 7) is 5.66. The molecule has 24 heavy (non-hydrogen) atoms. The van der Waals surface area contributed by atoms with Crippen molar-refractivity contribution in [2.24, 2.45) is 5.10 Å². The first-order valence-electron chi connectivity index (χ1n) is 7.76. The van der Waals surface area contributed by atoms with Crippen molar-refractivity contribution in [3.8, 4) is 11.5 Å². The minimum absolute atomic E-state index is 0.138. The Labute approximate surface area is 155 Å². The van der Waals surface area contributed by atoms with Crippen LogP contribution < -0.4 is 14.9 Å². The van der Waals surface area contributed by atoms with Crippen LogP contribution in [0.25, 0.3) is 0 Å². The van der Waals surface area contributed by atoms with Gasteiger partial charge in [-0.05, 0) is 47.2 Å². The lowest BCUT2D eigenvalue weighted by atomic mass is 10.2. The second kappa shape index (κ2) is 9.80. The van der Waals surface area contributed by atoms with Crippen LogP contribution in [0.15, 0.2) is 17.2 Å². The summed E-state index contributed by atoms with van der Waals surface area (Å²) in [5.41, 5.74) is 3.38. The fourth-order valence-corrected chi connectivity index (χ4v) is 3.15. The molecule has 1 amide bonds. The molecule has 132 valence electrons. The molecule has 2 rings (SSSR count). The molecule has 0 aromatic heterocycles. The molecule has 0 spiro atoms. The van der Waals surface area contributed by atoms with Gasteiger partial charge in [-0.25, -0.2) is 5.43 Å². The highest BCUT2D eigenvalue weighted by Crippen LogP contribution is 2.33. The van der Waals surface area contributed by atoms with E-state index in [4.69, 9.17) is 14.2 Å². The minimum atomic E-state index is -0.138. The third-order valence-electron chi connectivity index (χ3n) is 3.41. The number of carbonyl (C=O) groups excluding carboxylic acids is 1. The molecule has 0 radical (unpaired) electrons. The highest BCUT2D eigenvalue weighted by Gasteiger charge is 2.13. The van der Waals surface area contributed by atoms with Crippen molar-refractivity contribution in [2.75, 3.05) is 46.6 Å². The van der Waals surface area contributed by atoms with E-state index >= 15 is 0 Å². The molecule has 0 atom stereocenters. The number of nitrogens with zero attached hydrogens (tertiary/aromatic N) is 2. The van der Waals surface area contributed by atoms with Gasteiger partial charge in [-0.2, -0.15) is 5.10 Å². The quantitative estimate of drug-likeness (QED) is 0.390. The summed E-state index contributed by atoms with van der Waals surface area (Å²) in [4.78, 5) is 13.9. The maximum Gasteiger partial charge on any atom is 0.254 e. The first kappa shape index (κ1) is 18.9. The zero-order valence-corrected chi connectivity index (χ0v) is 16.0. The van der Waals surface area contributed by atoms with E-state index in [1.54, 1.807) is 13.3 Å². The molecule has 0 unspecified atom stereocenters. The van der Waals surface area contributed by atoms with Gasteiger partial charge in [-0.15, -0.1) is 0 Å². The minimum Gasteiger partial charge on any atom is -0.492 e. The van der Waals surface area contributed by atoms with Gasteiger partial charge in [-0.3, -0.25) is 9.69 Å². The molecule has 8 heteroatoms. The maximum absolute atomic E-state index is 11.9. The van der Waals surface area contributed by atoms with Gasteiger partial charge in [0.25, 0.3) is 5.91 Å². The van der Waals surface area contributed by atoms with Crippen LogP contribution in [-0.2, 0) is 9.53 Å². The van der Waals surface area contributed by atoms with Gasteiger partial charge in [0.2, 0.25) is 0 Å². The third-order valence-corrected chi connectivity index (χ3v) is 4.21. The normalized spacial score (nSPS) is 15.5. The molecule has 1 aromatic rings. The number of halogens is 1. The smallest absolute Gasteiger partial charge is 0.254 e. The summed E-state index contributed by atoms with van der Waals surface area (Å²) in [6.07, 6.45) is 1.60. The lowest BCUT2D eigenvalue weighted by molar-refractivity contribution is -0.123. The molecule has 0 aliphatic carbocycles. The Hall–Kier alpha value is -1.39. The van der Waals surface area contributed by atoms with Crippen LogP contribution in [0.4, 0.5) is 0 Å². The fraction of sp³-hybridized carbons (Fsp3) is 0.500. The molecular weight excluding hydrogens is 425 g/mol. The number of ether oxygens (including phenoxy) is 3. The van der Waals surface area contributed by atoms with E-state index in [-0.39, 0.29) is 5.91 Å². The predicted octanol–water partition coefficient (Wildman–Crippen LogP) is 1.48. The number of amides is 1. The van der Waals surface area contributed by atoms with Crippen molar-refractivity contribution < 1.29 is 19.0 Å². The molecule has 1 saturated heterocycles. The fourth-order valence-electron chi connectivity index (χ4n) is 2.30. The number of carbonyl (C=O) groups is 1. The number of hydrazone groups is 1. The van der Waals surface area contributed by atoms with Crippen LogP contribution in [0, 0.1) is 3.57 Å².